The predicted octanol–water partition coefficient (Wildman–Crippen LogP) is -1.52. The van der Waals surface area contributed by atoms with Gasteiger partial charge in [-0.25, -0.2) is 0 Å². The molecule has 0 rings (SSSR count). The third-order valence-corrected chi connectivity index (χ3v) is 1.79. The molecule has 5 N–H and O–H groups in total. The molecule has 0 saturated heterocycles. The van der Waals surface area contributed by atoms with Gasteiger partial charge >= 0.3 is 37.7 Å². The van der Waals surface area contributed by atoms with E-state index in [4.69, 9.17) is 4.55 Å². The van der Waals surface area contributed by atoms with Crippen LogP contribution in [0.4, 0.5) is 0 Å². The summed E-state index contributed by atoms with van der Waals surface area (Å²) in [5.41, 5.74) is 0. The Balaban J connectivity index is -0.0000000180. The average Bonchev–Trinajstić information content (AvgIpc) is 1.31. The molecule has 0 spiro atoms. The summed E-state index contributed by atoms with van der Waals surface area (Å²) in [7, 11) is -3.74. The Morgan fingerprint density at radius 2 is 1.40 bits per heavy atom. The molecule has 0 radical (unpaired) electrons. The van der Waals surface area contributed by atoms with Gasteiger partial charge in [-0.15, -0.1) is 0 Å². The summed E-state index contributed by atoms with van der Waals surface area (Å²) in [5.74, 6) is 0. The van der Waals surface area contributed by atoms with E-state index in [0.717, 1.165) is 0 Å². The summed E-state index contributed by atoms with van der Waals surface area (Å²) in [6.07, 6.45) is 0. The normalized spacial score (nSPS) is 8.80. The minimum absolute atomic E-state index is 0. The smallest absolute Gasteiger partial charge is 1.00 e. The molecule has 64 valence electrons. The van der Waals surface area contributed by atoms with Crippen LogP contribution in [0.5, 0.6) is 0 Å². The molecule has 0 aliphatic heterocycles. The number of hydrogen-bond acceptors (Lipinski definition) is 2. The maximum absolute atomic E-state index is 9.89. The van der Waals surface area contributed by atoms with E-state index < -0.39 is 15.4 Å². The molecule has 0 aliphatic carbocycles. The van der Waals surface area contributed by atoms with Crippen LogP contribution in [0.3, 0.4) is 0 Å². The molecule has 0 aromatic rings. The van der Waals surface area contributed by atoms with Gasteiger partial charge in [-0.1, -0.05) is 0 Å². The van der Waals surface area contributed by atoms with Crippen molar-refractivity contribution in [2.24, 2.45) is 0 Å². The van der Waals surface area contributed by atoms with Crippen molar-refractivity contribution in [3.8, 4) is 0 Å². The molecular weight excluding hydrogens is 188 g/mol. The quantitative estimate of drug-likeness (QED) is 0.411. The van der Waals surface area contributed by atoms with Gasteiger partial charge in [0.2, 0.25) is 0 Å². The zero-order valence-corrected chi connectivity index (χ0v) is 8.98. The van der Waals surface area contributed by atoms with E-state index in [-0.39, 0.29) is 51.5 Å². The Labute approximate surface area is 93.1 Å². The van der Waals surface area contributed by atoms with Crippen LogP contribution in [0.25, 0.3) is 0 Å². The standard InChI is InChI=1S/C3H8O3S.Ca.2H2O.2H/c1-3(2)7(4,5)6;;;;;/h3H,1-2H3,(H,4,5,6);;2*1H2;;/q;+2;;;2*-1. The van der Waals surface area contributed by atoms with Crippen molar-refractivity contribution >= 4 is 47.9 Å². The van der Waals surface area contributed by atoms with Gasteiger partial charge in [0, 0.05) is 0 Å². The largest absolute Gasteiger partial charge is 2.00 e. The van der Waals surface area contributed by atoms with Crippen molar-refractivity contribution in [3.05, 3.63) is 0 Å². The molecule has 7 heteroatoms. The topological polar surface area (TPSA) is 117 Å². The average molecular weight is 202 g/mol. The summed E-state index contributed by atoms with van der Waals surface area (Å²) in [6.45, 7) is 2.82. The summed E-state index contributed by atoms with van der Waals surface area (Å²) in [5, 5.41) is -0.674. The van der Waals surface area contributed by atoms with Gasteiger partial charge in [0.25, 0.3) is 10.1 Å². The molecule has 10 heavy (non-hydrogen) atoms. The van der Waals surface area contributed by atoms with Gasteiger partial charge < -0.3 is 13.8 Å². The molecule has 0 bridgehead atoms. The first-order valence-electron chi connectivity index (χ1n) is 1.91. The van der Waals surface area contributed by atoms with Crippen LogP contribution in [-0.2, 0) is 10.1 Å². The van der Waals surface area contributed by atoms with Crippen molar-refractivity contribution in [1.29, 1.82) is 0 Å². The zero-order chi connectivity index (χ0) is 6.08. The molecule has 0 aliphatic rings. The fourth-order valence-corrected chi connectivity index (χ4v) is 0. The monoisotopic (exact) mass is 202 g/mol. The van der Waals surface area contributed by atoms with Crippen LogP contribution >= 0.6 is 0 Å². The van der Waals surface area contributed by atoms with Crippen LogP contribution in [0, 0.1) is 0 Å². The minimum atomic E-state index is -3.74. The van der Waals surface area contributed by atoms with E-state index in [0.29, 0.717) is 0 Å². The molecule has 0 heterocycles. The van der Waals surface area contributed by atoms with Crippen LogP contribution in [-0.4, -0.2) is 66.9 Å². The van der Waals surface area contributed by atoms with E-state index >= 15 is 0 Å². The molecule has 5 nitrogen and oxygen atoms in total. The van der Waals surface area contributed by atoms with Crippen molar-refractivity contribution in [2.75, 3.05) is 0 Å². The Morgan fingerprint density at radius 3 is 1.40 bits per heavy atom. The maximum Gasteiger partial charge on any atom is 2.00 e. The summed E-state index contributed by atoms with van der Waals surface area (Å²) >= 11 is 0. The molecule has 0 unspecified atom stereocenters. The van der Waals surface area contributed by atoms with E-state index in [2.05, 4.69) is 0 Å². The predicted molar refractivity (Wildman–Crippen MR) is 41.9 cm³/mol. The number of rotatable bonds is 1. The second-order valence-electron chi connectivity index (χ2n) is 1.56. The van der Waals surface area contributed by atoms with E-state index in [1.165, 1.54) is 13.8 Å². The van der Waals surface area contributed by atoms with Crippen molar-refractivity contribution in [2.45, 2.75) is 19.1 Å². The molecule has 0 atom stereocenters. The third kappa shape index (κ3) is 11.8. The first-order valence-corrected chi connectivity index (χ1v) is 3.41. The van der Waals surface area contributed by atoms with Crippen molar-refractivity contribution in [3.63, 3.8) is 0 Å². The van der Waals surface area contributed by atoms with Crippen LogP contribution in [0.1, 0.15) is 16.7 Å². The molecule has 0 aromatic heterocycles. The Morgan fingerprint density at radius 1 is 1.30 bits per heavy atom. The van der Waals surface area contributed by atoms with Gasteiger partial charge in [0.05, 0.1) is 5.25 Å². The van der Waals surface area contributed by atoms with Gasteiger partial charge in [-0.3, -0.25) is 4.55 Å². The fraction of sp³-hybridized carbons (Fsp3) is 1.00. The first-order chi connectivity index (χ1) is 2.94. The minimum Gasteiger partial charge on any atom is -1.00 e. The number of hydrogen-bond donors (Lipinski definition) is 1. The van der Waals surface area contributed by atoms with Crippen molar-refractivity contribution in [1.82, 2.24) is 0 Å². The van der Waals surface area contributed by atoms with Gasteiger partial charge in [0.1, 0.15) is 0 Å². The van der Waals surface area contributed by atoms with Gasteiger partial charge in [-0.2, -0.15) is 8.42 Å². The third-order valence-electron chi connectivity index (χ3n) is 0.596. The molecule has 0 saturated carbocycles. The Kier molecular flexibility index (Phi) is 18.4. The Bertz CT molecular complexity index is 147. The maximum atomic E-state index is 9.89. The van der Waals surface area contributed by atoms with Gasteiger partial charge in [-0.05, 0) is 13.8 Å². The molecular formula is C3H14CaO5S. The zero-order valence-electron chi connectivity index (χ0n) is 7.96. The van der Waals surface area contributed by atoms with E-state index in [1.807, 2.05) is 0 Å². The second-order valence-corrected chi connectivity index (χ2v) is 3.54. The van der Waals surface area contributed by atoms with Crippen molar-refractivity contribution < 1.29 is 26.8 Å². The van der Waals surface area contributed by atoms with E-state index in [9.17, 15) is 8.42 Å². The summed E-state index contributed by atoms with van der Waals surface area (Å²) < 4.78 is 27.8. The fourth-order valence-electron chi connectivity index (χ4n) is 0. The first kappa shape index (κ1) is 22.5. The molecule has 0 aromatic carbocycles. The van der Waals surface area contributed by atoms with Gasteiger partial charge in [0.15, 0.2) is 0 Å². The summed E-state index contributed by atoms with van der Waals surface area (Å²) in [6, 6.07) is 0. The molecule has 0 amide bonds. The van der Waals surface area contributed by atoms with Crippen LogP contribution in [0.2, 0.25) is 0 Å². The van der Waals surface area contributed by atoms with E-state index in [1.54, 1.807) is 0 Å². The second kappa shape index (κ2) is 8.19. The van der Waals surface area contributed by atoms with Crippen LogP contribution in [0.15, 0.2) is 0 Å². The SMILES string of the molecule is CC(C)S(=O)(=O)O.O.O.[Ca+2].[H-].[H-]. The molecule has 0 fully saturated rings. The Hall–Kier alpha value is 1.09. The summed E-state index contributed by atoms with van der Waals surface area (Å²) in [4.78, 5) is 0. The van der Waals surface area contributed by atoms with Crippen LogP contribution < -0.4 is 0 Å².